The summed E-state index contributed by atoms with van der Waals surface area (Å²) < 4.78 is 30.3. The molecule has 0 fully saturated rings. The van der Waals surface area contributed by atoms with Crippen molar-refractivity contribution in [1.82, 2.24) is 0 Å². The number of carbonyl (C=O) groups is 2. The zero-order valence-corrected chi connectivity index (χ0v) is 12.1. The molecule has 0 heterocycles. The molecule has 4 nitrogen and oxygen atoms in total. The van der Waals surface area contributed by atoms with Crippen LogP contribution in [-0.2, 0) is 14.3 Å². The Morgan fingerprint density at radius 2 is 1.71 bits per heavy atom. The van der Waals surface area contributed by atoms with Crippen LogP contribution in [0.15, 0.2) is 0 Å². The molecule has 0 spiro atoms. The second kappa shape index (κ2) is 5.45. The van der Waals surface area contributed by atoms with E-state index in [4.69, 9.17) is 5.11 Å². The van der Waals surface area contributed by atoms with Crippen LogP contribution in [0.5, 0.6) is 0 Å². The molecule has 100 valence electrons. The first-order valence-corrected chi connectivity index (χ1v) is 5.99. The number of carbonyl (C=O) groups excluding carboxylic acids is 1. The highest BCUT2D eigenvalue weighted by molar-refractivity contribution is 14.1. The average molecular weight is 364 g/mol. The quantitative estimate of drug-likeness (QED) is 0.463. The third-order valence-corrected chi connectivity index (χ3v) is 2.41. The van der Waals surface area contributed by atoms with Gasteiger partial charge >= 0.3 is 17.9 Å². The van der Waals surface area contributed by atoms with E-state index in [0.717, 1.165) is 0 Å². The molecule has 1 atom stereocenters. The maximum atomic E-state index is 13.3. The van der Waals surface area contributed by atoms with Crippen molar-refractivity contribution < 1.29 is 28.2 Å². The van der Waals surface area contributed by atoms with Gasteiger partial charge in [-0.1, -0.05) is 36.4 Å². The number of aliphatic carboxylic acids is 1. The van der Waals surface area contributed by atoms with Gasteiger partial charge in [0.15, 0.2) is 6.10 Å². The summed E-state index contributed by atoms with van der Waals surface area (Å²) in [6.45, 7) is 5.72. The predicted octanol–water partition coefficient (Wildman–Crippen LogP) is 2.49. The molecule has 0 amide bonds. The van der Waals surface area contributed by atoms with E-state index in [2.05, 4.69) is 4.74 Å². The Kier molecular flexibility index (Phi) is 5.30. The van der Waals surface area contributed by atoms with E-state index < -0.39 is 33.3 Å². The van der Waals surface area contributed by atoms with Crippen LogP contribution in [0.25, 0.3) is 0 Å². The predicted molar refractivity (Wildman–Crippen MR) is 65.4 cm³/mol. The standard InChI is InChI=1S/C10H15F2IO4/c1-5(2)6(10(11,12)7(14)15)17-8(16)9(3,4)13/h5-6H,1-4H3,(H,14,15). The molecule has 0 aromatic heterocycles. The lowest BCUT2D eigenvalue weighted by Crippen LogP contribution is -2.48. The highest BCUT2D eigenvalue weighted by Crippen LogP contribution is 2.30. The molecule has 0 radical (unpaired) electrons. The Hall–Kier alpha value is -0.470. The zero-order valence-electron chi connectivity index (χ0n) is 9.96. The van der Waals surface area contributed by atoms with Gasteiger partial charge in [0, 0.05) is 0 Å². The van der Waals surface area contributed by atoms with E-state index in [-0.39, 0.29) is 0 Å². The summed E-state index contributed by atoms with van der Waals surface area (Å²) in [5.74, 6) is -8.05. The van der Waals surface area contributed by atoms with Crippen molar-refractivity contribution in [2.24, 2.45) is 5.92 Å². The first kappa shape index (κ1) is 16.5. The fourth-order valence-electron chi connectivity index (χ4n) is 1.01. The molecule has 7 heteroatoms. The largest absolute Gasteiger partial charge is 0.477 e. The number of carboxylic acids is 1. The number of carboxylic acid groups (broad SMARTS) is 1. The average Bonchev–Trinajstić information content (AvgIpc) is 2.10. The molecule has 1 N–H and O–H groups in total. The van der Waals surface area contributed by atoms with Gasteiger partial charge in [-0.15, -0.1) is 0 Å². The SMILES string of the molecule is CC(C)C(OC(=O)C(C)(C)I)C(F)(F)C(=O)O. The second-order valence-electron chi connectivity index (χ2n) is 4.47. The van der Waals surface area contributed by atoms with Crippen LogP contribution in [0.4, 0.5) is 8.78 Å². The lowest BCUT2D eigenvalue weighted by Gasteiger charge is -2.28. The van der Waals surface area contributed by atoms with Crippen LogP contribution in [-0.4, -0.2) is 32.5 Å². The lowest BCUT2D eigenvalue weighted by atomic mass is 10.0. The molecule has 0 saturated carbocycles. The normalized spacial score (nSPS) is 14.6. The van der Waals surface area contributed by atoms with Crippen LogP contribution in [0.2, 0.25) is 0 Å². The highest BCUT2D eigenvalue weighted by atomic mass is 127. The number of hydrogen-bond acceptors (Lipinski definition) is 3. The van der Waals surface area contributed by atoms with Crippen molar-refractivity contribution in [2.45, 2.75) is 43.1 Å². The maximum Gasteiger partial charge on any atom is 0.378 e. The molecule has 0 rings (SSSR count). The molecule has 17 heavy (non-hydrogen) atoms. The molecule has 0 aromatic carbocycles. The lowest BCUT2D eigenvalue weighted by molar-refractivity contribution is -0.199. The van der Waals surface area contributed by atoms with E-state index in [1.54, 1.807) is 22.6 Å². The summed E-state index contributed by atoms with van der Waals surface area (Å²) in [7, 11) is 0. The first-order valence-electron chi connectivity index (χ1n) is 4.92. The van der Waals surface area contributed by atoms with E-state index in [1.165, 1.54) is 27.7 Å². The minimum atomic E-state index is -4.09. The van der Waals surface area contributed by atoms with Crippen molar-refractivity contribution in [3.8, 4) is 0 Å². The summed E-state index contributed by atoms with van der Waals surface area (Å²) in [4.78, 5) is 21.9. The summed E-state index contributed by atoms with van der Waals surface area (Å²) in [6.07, 6.45) is -1.97. The third-order valence-electron chi connectivity index (χ3n) is 1.97. The van der Waals surface area contributed by atoms with Gasteiger partial charge in [-0.3, -0.25) is 4.79 Å². The van der Waals surface area contributed by atoms with Crippen molar-refractivity contribution in [3.63, 3.8) is 0 Å². The summed E-state index contributed by atoms with van der Waals surface area (Å²) in [5, 5.41) is 8.43. The molecule has 0 aromatic rings. The minimum absolute atomic E-state index is 0.802. The first-order chi connectivity index (χ1) is 7.40. The minimum Gasteiger partial charge on any atom is -0.477 e. The number of hydrogen-bond donors (Lipinski definition) is 1. The van der Waals surface area contributed by atoms with Crippen LogP contribution >= 0.6 is 22.6 Å². The van der Waals surface area contributed by atoms with Crippen LogP contribution in [0, 0.1) is 5.92 Å². The van der Waals surface area contributed by atoms with Gasteiger partial charge in [-0.25, -0.2) is 4.79 Å². The topological polar surface area (TPSA) is 63.6 Å². The Labute approximate surface area is 112 Å². The Morgan fingerprint density at radius 3 is 1.94 bits per heavy atom. The third kappa shape index (κ3) is 4.36. The van der Waals surface area contributed by atoms with Gasteiger partial charge in [0.1, 0.15) is 3.42 Å². The van der Waals surface area contributed by atoms with Crippen LogP contribution in [0.3, 0.4) is 0 Å². The summed E-state index contributed by atoms with van der Waals surface area (Å²) >= 11 is 1.74. The van der Waals surface area contributed by atoms with Gasteiger partial charge in [-0.2, -0.15) is 8.78 Å². The maximum absolute atomic E-state index is 13.3. The highest BCUT2D eigenvalue weighted by Gasteiger charge is 2.52. The van der Waals surface area contributed by atoms with E-state index in [0.29, 0.717) is 0 Å². The molecule has 0 aliphatic heterocycles. The van der Waals surface area contributed by atoms with E-state index in [9.17, 15) is 18.4 Å². The fraction of sp³-hybridized carbons (Fsp3) is 0.800. The Morgan fingerprint density at radius 1 is 1.29 bits per heavy atom. The van der Waals surface area contributed by atoms with Gasteiger partial charge in [0.2, 0.25) is 0 Å². The Balaban J connectivity index is 5.04. The molecule has 0 saturated heterocycles. The van der Waals surface area contributed by atoms with Gasteiger partial charge in [0.05, 0.1) is 0 Å². The monoisotopic (exact) mass is 364 g/mol. The van der Waals surface area contributed by atoms with Gasteiger partial charge < -0.3 is 9.84 Å². The van der Waals surface area contributed by atoms with Crippen molar-refractivity contribution in [1.29, 1.82) is 0 Å². The van der Waals surface area contributed by atoms with Crippen molar-refractivity contribution in [2.75, 3.05) is 0 Å². The molecular formula is C10H15F2IO4. The van der Waals surface area contributed by atoms with E-state index in [1.807, 2.05) is 0 Å². The van der Waals surface area contributed by atoms with Gasteiger partial charge in [-0.05, 0) is 19.8 Å². The summed E-state index contributed by atoms with van der Waals surface area (Å²) in [5.41, 5.74) is 0. The van der Waals surface area contributed by atoms with Crippen LogP contribution in [0.1, 0.15) is 27.7 Å². The molecule has 0 aliphatic rings. The summed E-state index contributed by atoms with van der Waals surface area (Å²) in [6, 6.07) is 0. The number of esters is 1. The van der Waals surface area contributed by atoms with E-state index >= 15 is 0 Å². The molecule has 0 aliphatic carbocycles. The number of rotatable bonds is 5. The molecule has 1 unspecified atom stereocenters. The number of alkyl halides is 3. The molecule has 0 bridgehead atoms. The second-order valence-corrected chi connectivity index (χ2v) is 7.17. The number of ether oxygens (including phenoxy) is 1. The van der Waals surface area contributed by atoms with Crippen molar-refractivity contribution >= 4 is 34.5 Å². The van der Waals surface area contributed by atoms with Gasteiger partial charge in [0.25, 0.3) is 0 Å². The zero-order chi connectivity index (χ0) is 14.0. The number of halogens is 3. The smallest absolute Gasteiger partial charge is 0.378 e. The Bertz CT molecular complexity index is 310. The molecular weight excluding hydrogens is 349 g/mol. The van der Waals surface area contributed by atoms with Crippen molar-refractivity contribution in [3.05, 3.63) is 0 Å². The van der Waals surface area contributed by atoms with Crippen LogP contribution < -0.4 is 0 Å². The fourth-order valence-corrected chi connectivity index (χ4v) is 1.13.